The number of hydrogen-bond acceptors (Lipinski definition) is 2. The molecule has 0 bridgehead atoms. The molecule has 1 aliphatic carbocycles. The Morgan fingerprint density at radius 2 is 2.06 bits per heavy atom. The number of nitrogens with zero attached hydrogens (tertiary/aromatic N) is 2. The minimum absolute atomic E-state index is 0.471. The topological polar surface area (TPSA) is 29.9 Å². The van der Waals surface area contributed by atoms with Crippen molar-refractivity contribution in [2.24, 2.45) is 11.8 Å². The smallest absolute Gasteiger partial charge is 0.0597 e. The molecule has 0 aliphatic heterocycles. The van der Waals surface area contributed by atoms with Gasteiger partial charge >= 0.3 is 0 Å². The van der Waals surface area contributed by atoms with Crippen molar-refractivity contribution < 1.29 is 0 Å². The third kappa shape index (κ3) is 2.77. The Bertz CT molecular complexity index is 375. The van der Waals surface area contributed by atoms with E-state index < -0.39 is 0 Å². The molecule has 2 rings (SSSR count). The van der Waals surface area contributed by atoms with Crippen molar-refractivity contribution in [2.45, 2.75) is 59.0 Å². The highest BCUT2D eigenvalue weighted by Gasteiger charge is 2.28. The van der Waals surface area contributed by atoms with Gasteiger partial charge in [0.2, 0.25) is 0 Å². The monoisotopic (exact) mass is 249 g/mol. The van der Waals surface area contributed by atoms with E-state index in [9.17, 15) is 0 Å². The van der Waals surface area contributed by atoms with Crippen LogP contribution in [0.2, 0.25) is 0 Å². The first-order valence-corrected chi connectivity index (χ1v) is 7.37. The van der Waals surface area contributed by atoms with Gasteiger partial charge in [0.15, 0.2) is 0 Å². The van der Waals surface area contributed by atoms with Crippen LogP contribution in [-0.2, 0) is 6.54 Å². The van der Waals surface area contributed by atoms with E-state index in [4.69, 9.17) is 0 Å². The van der Waals surface area contributed by atoms with E-state index in [1.807, 2.05) is 0 Å². The van der Waals surface area contributed by atoms with Gasteiger partial charge in [0.1, 0.15) is 0 Å². The molecular weight excluding hydrogens is 222 g/mol. The first kappa shape index (κ1) is 13.6. The fourth-order valence-corrected chi connectivity index (χ4v) is 3.31. The molecule has 1 saturated carbocycles. The summed E-state index contributed by atoms with van der Waals surface area (Å²) >= 11 is 0. The summed E-state index contributed by atoms with van der Waals surface area (Å²) in [5.41, 5.74) is 2.51. The third-order valence-electron chi connectivity index (χ3n) is 4.39. The Morgan fingerprint density at radius 3 is 2.61 bits per heavy atom. The summed E-state index contributed by atoms with van der Waals surface area (Å²) in [6.07, 6.45) is 5.45. The second-order valence-corrected chi connectivity index (χ2v) is 5.81. The Hall–Kier alpha value is -0.830. The second kappa shape index (κ2) is 5.87. The van der Waals surface area contributed by atoms with Crippen LogP contribution in [0.25, 0.3) is 0 Å². The molecule has 3 nitrogen and oxygen atoms in total. The average molecular weight is 249 g/mol. The van der Waals surface area contributed by atoms with Crippen molar-refractivity contribution >= 4 is 0 Å². The number of aromatic nitrogens is 2. The van der Waals surface area contributed by atoms with Crippen molar-refractivity contribution in [1.82, 2.24) is 15.1 Å². The van der Waals surface area contributed by atoms with Crippen LogP contribution < -0.4 is 5.32 Å². The fraction of sp³-hybridized carbons (Fsp3) is 0.800. The lowest BCUT2D eigenvalue weighted by Gasteiger charge is -2.32. The molecule has 18 heavy (non-hydrogen) atoms. The predicted octanol–water partition coefficient (Wildman–Crippen LogP) is 3.30. The van der Waals surface area contributed by atoms with Crippen LogP contribution in [0.5, 0.6) is 0 Å². The maximum Gasteiger partial charge on any atom is 0.0597 e. The van der Waals surface area contributed by atoms with Gasteiger partial charge < -0.3 is 5.32 Å². The van der Waals surface area contributed by atoms with Crippen molar-refractivity contribution in [3.63, 3.8) is 0 Å². The largest absolute Gasteiger partial charge is 0.311 e. The van der Waals surface area contributed by atoms with Crippen LogP contribution in [0.4, 0.5) is 0 Å². The number of nitrogens with one attached hydrogen (secondary N) is 1. The molecule has 1 aliphatic rings. The first-order valence-electron chi connectivity index (χ1n) is 7.37. The van der Waals surface area contributed by atoms with Gasteiger partial charge in [0.25, 0.3) is 0 Å². The zero-order valence-corrected chi connectivity index (χ0v) is 12.2. The standard InChI is InChI=1S/C15H27N3/c1-5-18-14(10-12(3)17-18)15(16-4)13-8-6-11(2)7-9-13/h10-11,13,15-16H,5-9H2,1-4H3. The molecule has 1 aromatic heterocycles. The summed E-state index contributed by atoms with van der Waals surface area (Å²) in [5, 5.41) is 8.11. The van der Waals surface area contributed by atoms with E-state index in [-0.39, 0.29) is 0 Å². The SMILES string of the molecule is CCn1nc(C)cc1C(NC)C1CCC(C)CC1. The summed E-state index contributed by atoms with van der Waals surface area (Å²) in [7, 11) is 2.09. The molecular formula is C15H27N3. The Balaban J connectivity index is 2.16. The second-order valence-electron chi connectivity index (χ2n) is 5.81. The summed E-state index contributed by atoms with van der Waals surface area (Å²) in [4.78, 5) is 0. The molecule has 1 heterocycles. The van der Waals surface area contributed by atoms with Crippen LogP contribution in [0.3, 0.4) is 0 Å². The van der Waals surface area contributed by atoms with Gasteiger partial charge in [-0.2, -0.15) is 5.10 Å². The Labute approximate surface area is 111 Å². The summed E-state index contributed by atoms with van der Waals surface area (Å²) in [6.45, 7) is 7.60. The molecule has 3 heteroatoms. The highest BCUT2D eigenvalue weighted by atomic mass is 15.3. The van der Waals surface area contributed by atoms with Crippen LogP contribution in [0.15, 0.2) is 6.07 Å². The van der Waals surface area contributed by atoms with Gasteiger partial charge in [-0.25, -0.2) is 0 Å². The van der Waals surface area contributed by atoms with Crippen LogP contribution in [-0.4, -0.2) is 16.8 Å². The van der Waals surface area contributed by atoms with Crippen molar-refractivity contribution in [2.75, 3.05) is 7.05 Å². The highest BCUT2D eigenvalue weighted by Crippen LogP contribution is 2.36. The Kier molecular flexibility index (Phi) is 4.44. The minimum atomic E-state index is 0.471. The molecule has 1 N–H and O–H groups in total. The lowest BCUT2D eigenvalue weighted by molar-refractivity contribution is 0.231. The first-order chi connectivity index (χ1) is 8.65. The van der Waals surface area contributed by atoms with Crippen molar-refractivity contribution in [3.8, 4) is 0 Å². The Morgan fingerprint density at radius 1 is 1.39 bits per heavy atom. The van der Waals surface area contributed by atoms with Gasteiger partial charge in [-0.1, -0.05) is 19.8 Å². The van der Waals surface area contributed by atoms with Crippen LogP contribution in [0, 0.1) is 18.8 Å². The van der Waals surface area contributed by atoms with Gasteiger partial charge in [-0.15, -0.1) is 0 Å². The molecule has 0 amide bonds. The molecule has 0 radical (unpaired) electrons. The fourth-order valence-electron chi connectivity index (χ4n) is 3.31. The van der Waals surface area contributed by atoms with E-state index in [2.05, 4.69) is 49.0 Å². The normalized spacial score (nSPS) is 26.2. The molecule has 0 aromatic carbocycles. The van der Waals surface area contributed by atoms with E-state index in [1.54, 1.807) is 0 Å². The van der Waals surface area contributed by atoms with E-state index in [0.717, 1.165) is 24.1 Å². The van der Waals surface area contributed by atoms with Crippen molar-refractivity contribution in [1.29, 1.82) is 0 Å². The van der Waals surface area contributed by atoms with Crippen LogP contribution >= 0.6 is 0 Å². The highest BCUT2D eigenvalue weighted by molar-refractivity contribution is 5.14. The predicted molar refractivity (Wildman–Crippen MR) is 75.6 cm³/mol. The number of aryl methyl sites for hydroxylation is 2. The molecule has 1 atom stereocenters. The van der Waals surface area contributed by atoms with Gasteiger partial charge in [0.05, 0.1) is 17.4 Å². The summed E-state index contributed by atoms with van der Waals surface area (Å²) < 4.78 is 2.16. The average Bonchev–Trinajstić information content (AvgIpc) is 2.74. The lowest BCUT2D eigenvalue weighted by Crippen LogP contribution is -2.30. The lowest BCUT2D eigenvalue weighted by atomic mass is 9.78. The van der Waals surface area contributed by atoms with Gasteiger partial charge in [-0.05, 0) is 51.6 Å². The molecule has 0 saturated heterocycles. The molecule has 1 fully saturated rings. The quantitative estimate of drug-likeness (QED) is 0.887. The van der Waals surface area contributed by atoms with Crippen molar-refractivity contribution in [3.05, 3.63) is 17.5 Å². The molecule has 102 valence electrons. The van der Waals surface area contributed by atoms with E-state index in [1.165, 1.54) is 31.4 Å². The number of rotatable bonds is 4. The van der Waals surface area contributed by atoms with E-state index in [0.29, 0.717) is 6.04 Å². The number of hydrogen-bond donors (Lipinski definition) is 1. The van der Waals surface area contributed by atoms with Gasteiger partial charge in [-0.3, -0.25) is 4.68 Å². The van der Waals surface area contributed by atoms with Gasteiger partial charge in [0, 0.05) is 6.54 Å². The summed E-state index contributed by atoms with van der Waals surface area (Å²) in [6, 6.07) is 2.72. The zero-order valence-electron chi connectivity index (χ0n) is 12.2. The summed E-state index contributed by atoms with van der Waals surface area (Å²) in [5.74, 6) is 1.68. The molecule has 1 unspecified atom stereocenters. The van der Waals surface area contributed by atoms with Crippen LogP contribution in [0.1, 0.15) is 57.0 Å². The maximum absolute atomic E-state index is 4.58. The maximum atomic E-state index is 4.58. The zero-order chi connectivity index (χ0) is 13.1. The van der Waals surface area contributed by atoms with E-state index >= 15 is 0 Å². The minimum Gasteiger partial charge on any atom is -0.311 e. The molecule has 0 spiro atoms. The third-order valence-corrected chi connectivity index (χ3v) is 4.39. The molecule has 1 aromatic rings.